The summed E-state index contributed by atoms with van der Waals surface area (Å²) in [5.41, 5.74) is 0.884. The van der Waals surface area contributed by atoms with Gasteiger partial charge in [0.1, 0.15) is 0 Å². The first-order valence-corrected chi connectivity index (χ1v) is 9.79. The maximum absolute atomic E-state index is 12.2. The van der Waals surface area contributed by atoms with E-state index in [-0.39, 0.29) is 24.0 Å². The second kappa shape index (κ2) is 10.2. The monoisotopic (exact) mass is 361 g/mol. The first-order valence-electron chi connectivity index (χ1n) is 9.79. The maximum Gasteiger partial charge on any atom is 0.315 e. The van der Waals surface area contributed by atoms with Crippen LogP contribution in [0.3, 0.4) is 0 Å². The molecule has 2 atom stereocenters. The van der Waals surface area contributed by atoms with Crippen LogP contribution in [0.1, 0.15) is 40.0 Å². The van der Waals surface area contributed by atoms with Crippen LogP contribution in [-0.2, 0) is 4.79 Å². The fourth-order valence-electron chi connectivity index (χ4n) is 3.45. The van der Waals surface area contributed by atoms with Gasteiger partial charge in [-0.15, -0.1) is 0 Å². The lowest BCUT2D eigenvalue weighted by Gasteiger charge is -2.20. The molecule has 1 fully saturated rings. The summed E-state index contributed by atoms with van der Waals surface area (Å²) in [6.07, 6.45) is 2.42. The van der Waals surface area contributed by atoms with Crippen molar-refractivity contribution in [1.82, 2.24) is 10.6 Å². The highest BCUT2D eigenvalue weighted by molar-refractivity contribution is 5.96. The number of nitrogens with one attached hydrogen (secondary N) is 3. The second-order valence-electron chi connectivity index (χ2n) is 7.11. The van der Waals surface area contributed by atoms with Crippen LogP contribution in [0.5, 0.6) is 0 Å². The summed E-state index contributed by atoms with van der Waals surface area (Å²) in [4.78, 5) is 27.7. The van der Waals surface area contributed by atoms with Gasteiger partial charge in [0.25, 0.3) is 0 Å². The van der Waals surface area contributed by atoms with Crippen molar-refractivity contribution in [2.45, 2.75) is 52.1 Å². The molecule has 0 bridgehead atoms. The molecule has 1 aromatic carbocycles. The van der Waals surface area contributed by atoms with Gasteiger partial charge in [0.05, 0.1) is 25.7 Å². The smallest absolute Gasteiger partial charge is 0.315 e. The average molecular weight is 362 g/mol. The van der Waals surface area contributed by atoms with Crippen molar-refractivity contribution in [3.8, 4) is 0 Å². The van der Waals surface area contributed by atoms with E-state index in [9.17, 15) is 9.59 Å². The number of hydrogen-bond donors (Lipinski definition) is 3. The van der Waals surface area contributed by atoms with E-state index < -0.39 is 0 Å². The molecule has 0 saturated carbocycles. The Morgan fingerprint density at radius 3 is 2.62 bits per heavy atom. The van der Waals surface area contributed by atoms with Crippen LogP contribution < -0.4 is 20.4 Å². The van der Waals surface area contributed by atoms with E-state index >= 15 is 0 Å². The number of quaternary nitrogens is 1. The third-order valence-electron chi connectivity index (χ3n) is 5.07. The lowest BCUT2D eigenvalue weighted by atomic mass is 10.2. The predicted octanol–water partition coefficient (Wildman–Crippen LogP) is 1.18. The molecule has 144 valence electrons. The summed E-state index contributed by atoms with van der Waals surface area (Å²) in [6.45, 7) is 10.4. The van der Waals surface area contributed by atoms with Crippen molar-refractivity contribution in [3.05, 3.63) is 30.3 Å². The van der Waals surface area contributed by atoms with E-state index in [0.29, 0.717) is 13.0 Å². The molecule has 3 N–H and O–H groups in total. The van der Waals surface area contributed by atoms with Gasteiger partial charge in [0.2, 0.25) is 5.91 Å². The van der Waals surface area contributed by atoms with Gasteiger partial charge < -0.3 is 20.4 Å². The van der Waals surface area contributed by atoms with Crippen molar-refractivity contribution < 1.29 is 14.5 Å². The second-order valence-corrected chi connectivity index (χ2v) is 7.11. The number of anilines is 1. The maximum atomic E-state index is 12.2. The van der Waals surface area contributed by atoms with Crippen molar-refractivity contribution in [1.29, 1.82) is 0 Å². The molecule has 0 aromatic heterocycles. The van der Waals surface area contributed by atoms with E-state index in [1.165, 1.54) is 0 Å². The first kappa shape index (κ1) is 20.2. The molecule has 1 aliphatic rings. The van der Waals surface area contributed by atoms with Gasteiger partial charge in [-0.05, 0) is 45.7 Å². The molecule has 2 rings (SSSR count). The third-order valence-corrected chi connectivity index (χ3v) is 5.07. The fraction of sp³-hybridized carbons (Fsp3) is 0.600. The summed E-state index contributed by atoms with van der Waals surface area (Å²) < 4.78 is 0. The molecule has 0 spiro atoms. The normalized spacial score (nSPS) is 18.2. The molecule has 3 amide bonds. The summed E-state index contributed by atoms with van der Waals surface area (Å²) in [5, 5.41) is 5.94. The van der Waals surface area contributed by atoms with E-state index in [4.69, 9.17) is 0 Å². The Labute approximate surface area is 156 Å². The van der Waals surface area contributed by atoms with Crippen molar-refractivity contribution in [2.75, 3.05) is 31.1 Å². The zero-order valence-electron chi connectivity index (χ0n) is 16.3. The van der Waals surface area contributed by atoms with Gasteiger partial charge in [0.15, 0.2) is 0 Å². The van der Waals surface area contributed by atoms with Crippen LogP contribution in [0.2, 0.25) is 0 Å². The first-order chi connectivity index (χ1) is 12.5. The van der Waals surface area contributed by atoms with E-state index in [2.05, 4.69) is 24.5 Å². The fourth-order valence-corrected chi connectivity index (χ4v) is 3.45. The Morgan fingerprint density at radius 1 is 1.27 bits per heavy atom. The molecule has 1 aliphatic heterocycles. The zero-order chi connectivity index (χ0) is 18.9. The van der Waals surface area contributed by atoms with Crippen LogP contribution in [0.15, 0.2) is 30.3 Å². The van der Waals surface area contributed by atoms with E-state index in [0.717, 1.165) is 38.2 Å². The Kier molecular flexibility index (Phi) is 7.91. The Balaban J connectivity index is 1.72. The van der Waals surface area contributed by atoms with Crippen LogP contribution in [-0.4, -0.2) is 50.2 Å². The molecule has 1 saturated heterocycles. The van der Waals surface area contributed by atoms with Crippen LogP contribution in [0.25, 0.3) is 0 Å². The number of benzene rings is 1. The standard InChI is InChI=1S/C20H32N4O2/c1-4-23(5-2)13-9-10-16(3)21-20(26)22-17-14-19(25)24(15-17)18-11-7-6-8-12-18/h6-8,11-12,16-17H,4-5,9-10,13-15H2,1-3H3,(H2,21,22,26)/p+1/t16-,17+/m0/s1. The van der Waals surface area contributed by atoms with Gasteiger partial charge in [-0.25, -0.2) is 4.79 Å². The Bertz CT molecular complexity index is 574. The largest absolute Gasteiger partial charge is 0.336 e. The summed E-state index contributed by atoms with van der Waals surface area (Å²) in [5.74, 6) is 0.0525. The summed E-state index contributed by atoms with van der Waals surface area (Å²) >= 11 is 0. The van der Waals surface area contributed by atoms with Crippen molar-refractivity contribution >= 4 is 17.6 Å². The molecule has 0 aliphatic carbocycles. The van der Waals surface area contributed by atoms with Crippen molar-refractivity contribution in [3.63, 3.8) is 0 Å². The van der Waals surface area contributed by atoms with Gasteiger partial charge in [0, 0.05) is 24.7 Å². The number of rotatable bonds is 9. The van der Waals surface area contributed by atoms with Crippen molar-refractivity contribution in [2.24, 2.45) is 0 Å². The summed E-state index contributed by atoms with van der Waals surface area (Å²) in [7, 11) is 0. The van der Waals surface area contributed by atoms with E-state index in [1.807, 2.05) is 37.3 Å². The van der Waals surface area contributed by atoms with Crippen LogP contribution >= 0.6 is 0 Å². The number of para-hydroxylation sites is 1. The molecule has 6 heteroatoms. The molecular weight excluding hydrogens is 328 g/mol. The molecule has 1 heterocycles. The van der Waals surface area contributed by atoms with E-state index in [1.54, 1.807) is 9.80 Å². The lowest BCUT2D eigenvalue weighted by Crippen LogP contribution is -3.11. The van der Waals surface area contributed by atoms with Crippen LogP contribution in [0, 0.1) is 0 Å². The highest BCUT2D eigenvalue weighted by Crippen LogP contribution is 2.20. The number of nitrogens with zero attached hydrogens (tertiary/aromatic N) is 1. The number of carbonyl (C=O) groups is 2. The number of amides is 3. The highest BCUT2D eigenvalue weighted by Gasteiger charge is 2.31. The van der Waals surface area contributed by atoms with Gasteiger partial charge in [-0.1, -0.05) is 18.2 Å². The minimum absolute atomic E-state index is 0.0525. The molecule has 0 radical (unpaired) electrons. The highest BCUT2D eigenvalue weighted by atomic mass is 16.2. The molecule has 1 aromatic rings. The Hall–Kier alpha value is -2.08. The quantitative estimate of drug-likeness (QED) is 0.618. The number of urea groups is 1. The average Bonchev–Trinajstić information content (AvgIpc) is 2.99. The number of carbonyl (C=O) groups excluding carboxylic acids is 2. The SMILES string of the molecule is CC[NH+](CC)CCC[C@H](C)NC(=O)N[C@@H]1CC(=O)N(c2ccccc2)C1. The summed E-state index contributed by atoms with van der Waals surface area (Å²) in [6, 6.07) is 9.40. The minimum Gasteiger partial charge on any atom is -0.336 e. The van der Waals surface area contributed by atoms with Gasteiger partial charge >= 0.3 is 6.03 Å². The van der Waals surface area contributed by atoms with Crippen LogP contribution in [0.4, 0.5) is 10.5 Å². The van der Waals surface area contributed by atoms with Gasteiger partial charge in [-0.2, -0.15) is 0 Å². The molecule has 6 nitrogen and oxygen atoms in total. The topological polar surface area (TPSA) is 65.9 Å². The minimum atomic E-state index is -0.180. The molecule has 0 unspecified atom stereocenters. The molecule has 26 heavy (non-hydrogen) atoms. The number of hydrogen-bond acceptors (Lipinski definition) is 2. The molecular formula is C20H33N4O2+. The predicted molar refractivity (Wildman–Crippen MR) is 104 cm³/mol. The Morgan fingerprint density at radius 2 is 1.96 bits per heavy atom. The zero-order valence-corrected chi connectivity index (χ0v) is 16.3. The third kappa shape index (κ3) is 6.02. The van der Waals surface area contributed by atoms with Gasteiger partial charge in [-0.3, -0.25) is 4.79 Å². The lowest BCUT2D eigenvalue weighted by molar-refractivity contribution is -0.896.